The molecule has 1 saturated heterocycles. The van der Waals surface area contributed by atoms with Gasteiger partial charge in [0.05, 0.1) is 6.33 Å². The molecule has 0 radical (unpaired) electrons. The van der Waals surface area contributed by atoms with Crippen molar-refractivity contribution in [2.24, 2.45) is 14.1 Å². The van der Waals surface area contributed by atoms with Crippen LogP contribution in [0, 0.1) is 0 Å². The standard InChI is InChI=1S/C20H24N6O3/c1-22-18-17(19(28)23(2)20(22)29)26(14-21-18)13-16(27)25-10-8-24(9-11-25)12-15-6-4-3-5-7-15/h3-7,14H,8-13H2,1-2H3. The topological polar surface area (TPSA) is 85.4 Å². The van der Waals surface area contributed by atoms with Crippen molar-refractivity contribution in [3.63, 3.8) is 0 Å². The third kappa shape index (κ3) is 3.61. The first-order valence-corrected chi connectivity index (χ1v) is 9.60. The van der Waals surface area contributed by atoms with Crippen molar-refractivity contribution in [1.82, 2.24) is 28.5 Å². The number of carbonyl (C=O) groups is 1. The number of imidazole rings is 1. The molecule has 0 spiro atoms. The average Bonchev–Trinajstić information content (AvgIpc) is 3.15. The van der Waals surface area contributed by atoms with Gasteiger partial charge in [0.2, 0.25) is 5.91 Å². The lowest BCUT2D eigenvalue weighted by Crippen LogP contribution is -2.49. The van der Waals surface area contributed by atoms with E-state index in [1.165, 1.54) is 28.1 Å². The predicted molar refractivity (Wildman–Crippen MR) is 109 cm³/mol. The first-order chi connectivity index (χ1) is 14.0. The fourth-order valence-electron chi connectivity index (χ4n) is 3.76. The molecule has 1 amide bonds. The number of aromatic nitrogens is 4. The van der Waals surface area contributed by atoms with Crippen LogP contribution in [-0.4, -0.2) is 60.6 Å². The Bertz CT molecular complexity index is 1150. The summed E-state index contributed by atoms with van der Waals surface area (Å²) in [5, 5.41) is 0. The summed E-state index contributed by atoms with van der Waals surface area (Å²) < 4.78 is 3.89. The number of nitrogens with zero attached hydrogens (tertiary/aromatic N) is 6. The Morgan fingerprint density at radius 3 is 2.38 bits per heavy atom. The Hall–Kier alpha value is -3.20. The average molecular weight is 396 g/mol. The molecule has 0 aliphatic carbocycles. The summed E-state index contributed by atoms with van der Waals surface area (Å²) in [6, 6.07) is 10.3. The van der Waals surface area contributed by atoms with E-state index in [4.69, 9.17) is 0 Å². The molecule has 1 aliphatic heterocycles. The number of benzene rings is 1. The molecule has 0 N–H and O–H groups in total. The van der Waals surface area contributed by atoms with Crippen molar-refractivity contribution in [3.05, 3.63) is 63.1 Å². The van der Waals surface area contributed by atoms with Crippen LogP contribution < -0.4 is 11.2 Å². The van der Waals surface area contributed by atoms with Gasteiger partial charge in [0, 0.05) is 46.8 Å². The van der Waals surface area contributed by atoms with Gasteiger partial charge in [0.15, 0.2) is 11.2 Å². The zero-order valence-electron chi connectivity index (χ0n) is 16.6. The van der Waals surface area contributed by atoms with E-state index in [9.17, 15) is 14.4 Å². The van der Waals surface area contributed by atoms with Crippen molar-refractivity contribution in [2.75, 3.05) is 26.2 Å². The van der Waals surface area contributed by atoms with Crippen LogP contribution in [0.1, 0.15) is 5.56 Å². The van der Waals surface area contributed by atoms with Gasteiger partial charge in [0.1, 0.15) is 6.54 Å². The molecule has 3 heterocycles. The van der Waals surface area contributed by atoms with Crippen LogP contribution in [0.5, 0.6) is 0 Å². The number of hydrogen-bond acceptors (Lipinski definition) is 5. The third-order valence-corrected chi connectivity index (χ3v) is 5.50. The summed E-state index contributed by atoms with van der Waals surface area (Å²) >= 11 is 0. The second-order valence-corrected chi connectivity index (χ2v) is 7.39. The second-order valence-electron chi connectivity index (χ2n) is 7.39. The summed E-state index contributed by atoms with van der Waals surface area (Å²) in [6.07, 6.45) is 1.45. The second kappa shape index (κ2) is 7.67. The van der Waals surface area contributed by atoms with Crippen LogP contribution in [0.25, 0.3) is 11.2 Å². The molecule has 0 atom stereocenters. The smallest absolute Gasteiger partial charge is 0.332 e. The Balaban J connectivity index is 1.44. The van der Waals surface area contributed by atoms with E-state index in [1.807, 2.05) is 23.1 Å². The van der Waals surface area contributed by atoms with Crippen LogP contribution in [0.15, 0.2) is 46.2 Å². The molecule has 0 saturated carbocycles. The fourth-order valence-corrected chi connectivity index (χ4v) is 3.76. The molecule has 2 aromatic heterocycles. The molecule has 9 heteroatoms. The molecule has 4 rings (SSSR count). The van der Waals surface area contributed by atoms with Crippen molar-refractivity contribution < 1.29 is 4.79 Å². The molecule has 1 aliphatic rings. The summed E-state index contributed by atoms with van der Waals surface area (Å²) in [5.74, 6) is -0.0560. The highest BCUT2D eigenvalue weighted by Crippen LogP contribution is 2.10. The molecule has 152 valence electrons. The minimum atomic E-state index is -0.443. The van der Waals surface area contributed by atoms with E-state index in [2.05, 4.69) is 22.0 Å². The first-order valence-electron chi connectivity index (χ1n) is 9.60. The maximum absolute atomic E-state index is 12.8. The Morgan fingerprint density at radius 1 is 1.00 bits per heavy atom. The summed E-state index contributed by atoms with van der Waals surface area (Å²) in [5.41, 5.74) is 0.942. The molecule has 0 bridgehead atoms. The van der Waals surface area contributed by atoms with E-state index >= 15 is 0 Å². The van der Waals surface area contributed by atoms with Gasteiger partial charge in [-0.05, 0) is 5.56 Å². The number of amides is 1. The van der Waals surface area contributed by atoms with Crippen molar-refractivity contribution in [1.29, 1.82) is 0 Å². The molecule has 29 heavy (non-hydrogen) atoms. The zero-order valence-corrected chi connectivity index (χ0v) is 16.6. The van der Waals surface area contributed by atoms with Gasteiger partial charge in [-0.1, -0.05) is 30.3 Å². The molecule has 1 fully saturated rings. The van der Waals surface area contributed by atoms with E-state index < -0.39 is 11.2 Å². The van der Waals surface area contributed by atoms with Gasteiger partial charge < -0.3 is 9.47 Å². The van der Waals surface area contributed by atoms with Crippen LogP contribution in [0.2, 0.25) is 0 Å². The van der Waals surface area contributed by atoms with Gasteiger partial charge in [-0.15, -0.1) is 0 Å². The minimum Gasteiger partial charge on any atom is -0.339 e. The van der Waals surface area contributed by atoms with Gasteiger partial charge in [-0.3, -0.25) is 23.6 Å². The summed E-state index contributed by atoms with van der Waals surface area (Å²) in [4.78, 5) is 45.7. The van der Waals surface area contributed by atoms with E-state index in [0.29, 0.717) is 18.7 Å². The third-order valence-electron chi connectivity index (χ3n) is 5.50. The number of fused-ring (bicyclic) bond motifs is 1. The Labute approximate surface area is 167 Å². The first kappa shape index (κ1) is 19.1. The van der Waals surface area contributed by atoms with Gasteiger partial charge >= 0.3 is 5.69 Å². The highest BCUT2D eigenvalue weighted by atomic mass is 16.2. The fraction of sp³-hybridized carbons (Fsp3) is 0.400. The predicted octanol–water partition coefficient (Wildman–Crippen LogP) is -0.222. The number of rotatable bonds is 4. The minimum absolute atomic E-state index is 0.0304. The largest absolute Gasteiger partial charge is 0.339 e. The Morgan fingerprint density at radius 2 is 1.69 bits per heavy atom. The van der Waals surface area contributed by atoms with Crippen LogP contribution in [-0.2, 0) is 32.0 Å². The van der Waals surface area contributed by atoms with Gasteiger partial charge in [0.25, 0.3) is 5.56 Å². The van der Waals surface area contributed by atoms with E-state index in [0.717, 1.165) is 24.2 Å². The van der Waals surface area contributed by atoms with Crippen molar-refractivity contribution in [2.45, 2.75) is 13.1 Å². The number of piperazine rings is 1. The summed E-state index contributed by atoms with van der Waals surface area (Å²) in [7, 11) is 2.99. The quantitative estimate of drug-likeness (QED) is 0.609. The monoisotopic (exact) mass is 396 g/mol. The molecular weight excluding hydrogens is 372 g/mol. The SMILES string of the molecule is Cn1c(=O)c2c(ncn2CC(=O)N2CCN(Cc3ccccc3)CC2)n(C)c1=O. The van der Waals surface area contributed by atoms with Crippen LogP contribution in [0.3, 0.4) is 0 Å². The molecule has 0 unspecified atom stereocenters. The lowest BCUT2D eigenvalue weighted by atomic mass is 10.2. The molecule has 3 aromatic rings. The lowest BCUT2D eigenvalue weighted by Gasteiger charge is -2.34. The van der Waals surface area contributed by atoms with Crippen LogP contribution in [0.4, 0.5) is 0 Å². The lowest BCUT2D eigenvalue weighted by molar-refractivity contribution is -0.133. The van der Waals surface area contributed by atoms with Crippen molar-refractivity contribution >= 4 is 17.1 Å². The van der Waals surface area contributed by atoms with Crippen molar-refractivity contribution in [3.8, 4) is 0 Å². The molecule has 1 aromatic carbocycles. The summed E-state index contributed by atoms with van der Waals surface area (Å²) in [6.45, 7) is 3.81. The number of hydrogen-bond donors (Lipinski definition) is 0. The maximum atomic E-state index is 12.8. The maximum Gasteiger partial charge on any atom is 0.332 e. The Kier molecular flexibility index (Phi) is 5.06. The van der Waals surface area contributed by atoms with E-state index in [1.54, 1.807) is 7.05 Å². The van der Waals surface area contributed by atoms with Gasteiger partial charge in [-0.2, -0.15) is 0 Å². The highest BCUT2D eigenvalue weighted by molar-refractivity contribution is 5.79. The number of carbonyl (C=O) groups excluding carboxylic acids is 1. The van der Waals surface area contributed by atoms with E-state index in [-0.39, 0.29) is 18.0 Å². The number of aryl methyl sites for hydroxylation is 1. The molecular formula is C20H24N6O3. The van der Waals surface area contributed by atoms with Crippen LogP contribution >= 0.6 is 0 Å². The highest BCUT2D eigenvalue weighted by Gasteiger charge is 2.23. The van der Waals surface area contributed by atoms with Gasteiger partial charge in [-0.25, -0.2) is 9.78 Å². The zero-order chi connectivity index (χ0) is 20.5. The normalized spacial score (nSPS) is 15.2. The molecule has 9 nitrogen and oxygen atoms in total.